The summed E-state index contributed by atoms with van der Waals surface area (Å²) in [5.41, 5.74) is 1.93. The van der Waals surface area contributed by atoms with Gasteiger partial charge in [-0.3, -0.25) is 4.79 Å². The summed E-state index contributed by atoms with van der Waals surface area (Å²) in [6.07, 6.45) is 1.49. The monoisotopic (exact) mass is 375 g/mol. The van der Waals surface area contributed by atoms with Gasteiger partial charge in [-0.05, 0) is 42.5 Å². The molecular weight excluding hydrogens is 358 g/mol. The first-order chi connectivity index (χ1) is 13.6. The highest BCUT2D eigenvalue weighted by Crippen LogP contribution is 2.29. The molecule has 1 heterocycles. The van der Waals surface area contributed by atoms with Gasteiger partial charge in [-0.2, -0.15) is 5.26 Å². The van der Waals surface area contributed by atoms with Crippen molar-refractivity contribution in [1.29, 1.82) is 5.26 Å². The van der Waals surface area contributed by atoms with Gasteiger partial charge in [0.2, 0.25) is 5.95 Å². The van der Waals surface area contributed by atoms with Gasteiger partial charge in [0.1, 0.15) is 17.2 Å². The van der Waals surface area contributed by atoms with E-state index in [0.29, 0.717) is 28.4 Å². The van der Waals surface area contributed by atoms with E-state index in [1.807, 2.05) is 0 Å². The van der Waals surface area contributed by atoms with E-state index in [0.717, 1.165) is 0 Å². The lowest BCUT2D eigenvalue weighted by Crippen LogP contribution is -2.15. The van der Waals surface area contributed by atoms with E-state index in [-0.39, 0.29) is 11.6 Å². The van der Waals surface area contributed by atoms with Crippen LogP contribution < -0.4 is 20.1 Å². The number of hydrogen-bond acceptors (Lipinski definition) is 7. The SMILES string of the molecule is COc1ccc(NC(=O)c2ccnc(Nc3ccc(C#N)cc3)n2)c(OC)c1. The minimum atomic E-state index is -0.409. The maximum atomic E-state index is 12.6. The first-order valence-electron chi connectivity index (χ1n) is 8.26. The summed E-state index contributed by atoms with van der Waals surface area (Å²) >= 11 is 0. The van der Waals surface area contributed by atoms with Crippen molar-refractivity contribution in [2.24, 2.45) is 0 Å². The van der Waals surface area contributed by atoms with Gasteiger partial charge in [0.25, 0.3) is 5.91 Å². The van der Waals surface area contributed by atoms with E-state index >= 15 is 0 Å². The Morgan fingerprint density at radius 2 is 1.86 bits per heavy atom. The molecule has 2 aromatic carbocycles. The summed E-state index contributed by atoms with van der Waals surface area (Å²) in [4.78, 5) is 20.9. The lowest BCUT2D eigenvalue weighted by atomic mass is 10.2. The molecule has 0 unspecified atom stereocenters. The number of benzene rings is 2. The Bertz CT molecular complexity index is 1030. The molecule has 0 fully saturated rings. The zero-order valence-electron chi connectivity index (χ0n) is 15.3. The molecule has 3 rings (SSSR count). The highest BCUT2D eigenvalue weighted by Gasteiger charge is 2.13. The maximum Gasteiger partial charge on any atom is 0.274 e. The van der Waals surface area contributed by atoms with Crippen LogP contribution in [0.25, 0.3) is 0 Å². The van der Waals surface area contributed by atoms with Crippen molar-refractivity contribution >= 4 is 23.2 Å². The van der Waals surface area contributed by atoms with E-state index in [1.54, 1.807) is 49.6 Å². The van der Waals surface area contributed by atoms with Gasteiger partial charge in [-0.15, -0.1) is 0 Å². The molecule has 28 heavy (non-hydrogen) atoms. The number of carbonyl (C=O) groups excluding carboxylic acids is 1. The number of methoxy groups -OCH3 is 2. The number of carbonyl (C=O) groups is 1. The molecule has 0 aliphatic carbocycles. The van der Waals surface area contributed by atoms with E-state index in [2.05, 4.69) is 26.7 Å². The molecule has 0 atom stereocenters. The number of nitrogens with zero attached hydrogens (tertiary/aromatic N) is 3. The predicted octanol–water partition coefficient (Wildman–Crippen LogP) is 3.36. The fraction of sp³-hybridized carbons (Fsp3) is 0.100. The molecule has 0 saturated heterocycles. The average molecular weight is 375 g/mol. The molecule has 0 aliphatic heterocycles. The van der Waals surface area contributed by atoms with Crippen molar-refractivity contribution in [2.45, 2.75) is 0 Å². The molecule has 1 amide bonds. The number of anilines is 3. The van der Waals surface area contributed by atoms with Crippen molar-refractivity contribution in [3.63, 3.8) is 0 Å². The summed E-state index contributed by atoms with van der Waals surface area (Å²) in [5, 5.41) is 14.6. The second kappa shape index (κ2) is 8.51. The Hall–Kier alpha value is -4.12. The smallest absolute Gasteiger partial charge is 0.274 e. The third-order valence-electron chi connectivity index (χ3n) is 3.82. The predicted molar refractivity (Wildman–Crippen MR) is 104 cm³/mol. The number of aromatic nitrogens is 2. The highest BCUT2D eigenvalue weighted by molar-refractivity contribution is 6.03. The Labute approximate surface area is 161 Å². The van der Waals surface area contributed by atoms with Crippen LogP contribution >= 0.6 is 0 Å². The molecule has 140 valence electrons. The van der Waals surface area contributed by atoms with E-state index in [4.69, 9.17) is 14.7 Å². The summed E-state index contributed by atoms with van der Waals surface area (Å²) in [7, 11) is 3.06. The number of hydrogen-bond donors (Lipinski definition) is 2. The number of amides is 1. The van der Waals surface area contributed by atoms with Crippen LogP contribution in [-0.4, -0.2) is 30.1 Å². The molecule has 2 N–H and O–H groups in total. The Morgan fingerprint density at radius 3 is 2.54 bits per heavy atom. The Kier molecular flexibility index (Phi) is 5.67. The topological polar surface area (TPSA) is 109 Å². The van der Waals surface area contributed by atoms with Crippen molar-refractivity contribution in [2.75, 3.05) is 24.9 Å². The van der Waals surface area contributed by atoms with E-state index < -0.39 is 5.91 Å². The Balaban J connectivity index is 1.76. The minimum absolute atomic E-state index is 0.184. The second-order valence-electron chi connectivity index (χ2n) is 5.60. The number of nitrogens with one attached hydrogen (secondary N) is 2. The van der Waals surface area contributed by atoms with Crippen LogP contribution in [0.2, 0.25) is 0 Å². The minimum Gasteiger partial charge on any atom is -0.497 e. The van der Waals surface area contributed by atoms with Crippen molar-refractivity contribution < 1.29 is 14.3 Å². The van der Waals surface area contributed by atoms with Crippen LogP contribution in [0.15, 0.2) is 54.7 Å². The fourth-order valence-electron chi connectivity index (χ4n) is 2.39. The third-order valence-corrected chi connectivity index (χ3v) is 3.82. The first kappa shape index (κ1) is 18.7. The highest BCUT2D eigenvalue weighted by atomic mass is 16.5. The maximum absolute atomic E-state index is 12.6. The zero-order chi connectivity index (χ0) is 19.9. The van der Waals surface area contributed by atoms with Gasteiger partial charge in [0.15, 0.2) is 0 Å². The number of nitriles is 1. The van der Waals surface area contributed by atoms with Crippen LogP contribution in [0, 0.1) is 11.3 Å². The standard InChI is InChI=1S/C20H17N5O3/c1-27-15-7-8-16(18(11-15)28-2)24-19(26)17-9-10-22-20(25-17)23-14-5-3-13(12-21)4-6-14/h3-11H,1-2H3,(H,24,26)(H,22,23,25). The zero-order valence-corrected chi connectivity index (χ0v) is 15.3. The summed E-state index contributed by atoms with van der Waals surface area (Å²) in [6.45, 7) is 0. The van der Waals surface area contributed by atoms with Gasteiger partial charge < -0.3 is 20.1 Å². The molecule has 8 nitrogen and oxygen atoms in total. The van der Waals surface area contributed by atoms with E-state index in [1.165, 1.54) is 19.4 Å². The van der Waals surface area contributed by atoms with Gasteiger partial charge in [0.05, 0.1) is 31.5 Å². The fourth-order valence-corrected chi connectivity index (χ4v) is 2.39. The summed E-state index contributed by atoms with van der Waals surface area (Å²) < 4.78 is 10.4. The lowest BCUT2D eigenvalue weighted by Gasteiger charge is -2.12. The van der Waals surface area contributed by atoms with Crippen LogP contribution in [0.5, 0.6) is 11.5 Å². The molecule has 0 aliphatic rings. The molecule has 8 heteroatoms. The number of ether oxygens (including phenoxy) is 2. The quantitative estimate of drug-likeness (QED) is 0.680. The van der Waals surface area contributed by atoms with Crippen molar-refractivity contribution in [1.82, 2.24) is 9.97 Å². The van der Waals surface area contributed by atoms with Crippen LogP contribution in [0.1, 0.15) is 16.1 Å². The molecule has 3 aromatic rings. The summed E-state index contributed by atoms with van der Waals surface area (Å²) in [6, 6.07) is 15.5. The van der Waals surface area contributed by atoms with Gasteiger partial charge in [0, 0.05) is 18.0 Å². The third kappa shape index (κ3) is 4.34. The normalized spacial score (nSPS) is 9.89. The van der Waals surface area contributed by atoms with Crippen LogP contribution in [-0.2, 0) is 0 Å². The molecule has 0 spiro atoms. The number of rotatable bonds is 6. The van der Waals surface area contributed by atoms with Gasteiger partial charge in [-0.25, -0.2) is 9.97 Å². The van der Waals surface area contributed by atoms with Crippen molar-refractivity contribution in [3.8, 4) is 17.6 Å². The van der Waals surface area contributed by atoms with Crippen LogP contribution in [0.3, 0.4) is 0 Å². The molecule has 1 aromatic heterocycles. The summed E-state index contributed by atoms with van der Waals surface area (Å²) in [5.74, 6) is 0.941. The molecule has 0 saturated carbocycles. The second-order valence-corrected chi connectivity index (χ2v) is 5.60. The molecule has 0 radical (unpaired) electrons. The average Bonchev–Trinajstić information content (AvgIpc) is 2.74. The van der Waals surface area contributed by atoms with E-state index in [9.17, 15) is 4.79 Å². The lowest BCUT2D eigenvalue weighted by molar-refractivity contribution is 0.102. The van der Waals surface area contributed by atoms with Crippen LogP contribution in [0.4, 0.5) is 17.3 Å². The van der Waals surface area contributed by atoms with Crippen molar-refractivity contribution in [3.05, 3.63) is 66.0 Å². The molecular formula is C20H17N5O3. The van der Waals surface area contributed by atoms with Gasteiger partial charge in [-0.1, -0.05) is 0 Å². The largest absolute Gasteiger partial charge is 0.497 e. The Morgan fingerprint density at radius 1 is 1.07 bits per heavy atom. The first-order valence-corrected chi connectivity index (χ1v) is 8.26. The molecule has 0 bridgehead atoms. The van der Waals surface area contributed by atoms with Gasteiger partial charge >= 0.3 is 0 Å².